The third-order valence-corrected chi connectivity index (χ3v) is 11.1. The van der Waals surface area contributed by atoms with Crippen molar-refractivity contribution in [1.82, 2.24) is 15.0 Å². The number of para-hydroxylation sites is 1. The maximum absolute atomic E-state index is 6.59. The Kier molecular flexibility index (Phi) is 9.34. The van der Waals surface area contributed by atoms with E-state index in [0.717, 1.165) is 66.8 Å². The van der Waals surface area contributed by atoms with Crippen molar-refractivity contribution in [2.45, 2.75) is 26.2 Å². The van der Waals surface area contributed by atoms with Gasteiger partial charge in [0.2, 0.25) is 0 Å². The fourth-order valence-corrected chi connectivity index (χ4v) is 7.91. The Morgan fingerprint density at radius 3 is 1.45 bits per heavy atom. The van der Waals surface area contributed by atoms with Crippen molar-refractivity contribution in [2.75, 3.05) is 4.90 Å². The molecule has 5 nitrogen and oxygen atoms in total. The number of hydrogen-bond donors (Lipinski definition) is 0. The van der Waals surface area contributed by atoms with Gasteiger partial charge in [-0.15, -0.1) is 0 Å². The molecule has 0 aliphatic heterocycles. The van der Waals surface area contributed by atoms with E-state index in [1.165, 1.54) is 16.7 Å². The summed E-state index contributed by atoms with van der Waals surface area (Å²) in [5.74, 6) is 1.86. The SMILES string of the molecule is CC(C)(C)c1ccc(-c2nc(-c3ccccc3)nc(-c3cccc4oc5cc(-c6ccc(N(c7ccccc7)c7ccc(-c8ccccc8)cc7)cc6)ccc5c34)n2)cc1. The Hall–Kier alpha value is -7.63. The van der Waals surface area contributed by atoms with Crippen LogP contribution in [0.1, 0.15) is 26.3 Å². The van der Waals surface area contributed by atoms with Crippen molar-refractivity contribution in [1.29, 1.82) is 0 Å². The van der Waals surface area contributed by atoms with Crippen LogP contribution in [-0.4, -0.2) is 15.0 Å². The first kappa shape index (κ1) is 36.7. The number of furan rings is 1. The van der Waals surface area contributed by atoms with Gasteiger partial charge in [-0.25, -0.2) is 15.0 Å². The van der Waals surface area contributed by atoms with Crippen LogP contribution in [-0.2, 0) is 5.41 Å². The average Bonchev–Trinajstić information content (AvgIpc) is 3.68. The molecule has 0 saturated carbocycles. The third kappa shape index (κ3) is 7.11. The van der Waals surface area contributed by atoms with E-state index < -0.39 is 0 Å². The predicted molar refractivity (Wildman–Crippen MR) is 248 cm³/mol. The molecule has 0 amide bonds. The molecule has 10 rings (SSSR count). The monoisotopic (exact) mass is 774 g/mol. The molecule has 10 aromatic rings. The summed E-state index contributed by atoms with van der Waals surface area (Å²) in [6.07, 6.45) is 0. The van der Waals surface area contributed by atoms with Crippen LogP contribution >= 0.6 is 0 Å². The fraction of sp³-hybridized carbons (Fsp3) is 0.0727. The predicted octanol–water partition coefficient (Wildman–Crippen LogP) is 14.9. The van der Waals surface area contributed by atoms with E-state index in [1.807, 2.05) is 48.5 Å². The molecule has 288 valence electrons. The number of benzene rings is 8. The van der Waals surface area contributed by atoms with Gasteiger partial charge >= 0.3 is 0 Å². The van der Waals surface area contributed by atoms with E-state index in [-0.39, 0.29) is 5.41 Å². The molecule has 0 fully saturated rings. The number of anilines is 3. The van der Waals surface area contributed by atoms with Gasteiger partial charge in [0.15, 0.2) is 17.5 Å². The van der Waals surface area contributed by atoms with Gasteiger partial charge in [-0.1, -0.05) is 166 Å². The second kappa shape index (κ2) is 15.3. The highest BCUT2D eigenvalue weighted by Crippen LogP contribution is 2.40. The summed E-state index contributed by atoms with van der Waals surface area (Å²) in [7, 11) is 0. The van der Waals surface area contributed by atoms with Crippen LogP contribution in [0.25, 0.3) is 78.4 Å². The standard InChI is InChI=1S/C55H42N4O/c1-55(2,3)43-29-22-41(23-30-43)53-56-52(40-16-9-5-10-17-40)57-54(58-53)48-20-13-21-49-51(48)47-35-28-42(36-50(47)60-49)39-26-33-46(34-27-39)59(44-18-11-6-12-19-44)45-31-24-38(25-32-45)37-14-7-4-8-15-37/h4-36H,1-3H3. The van der Waals surface area contributed by atoms with Gasteiger partial charge in [0.05, 0.1) is 0 Å². The molecule has 0 atom stereocenters. The van der Waals surface area contributed by atoms with Crippen molar-refractivity contribution >= 4 is 39.0 Å². The minimum Gasteiger partial charge on any atom is -0.456 e. The molecule has 2 aromatic heterocycles. The van der Waals surface area contributed by atoms with Gasteiger partial charge in [0.1, 0.15) is 11.2 Å². The summed E-state index contributed by atoms with van der Waals surface area (Å²) in [6, 6.07) is 69.7. The van der Waals surface area contributed by atoms with Gasteiger partial charge in [-0.05, 0) is 87.8 Å². The van der Waals surface area contributed by atoms with Crippen molar-refractivity contribution in [3.05, 3.63) is 206 Å². The largest absolute Gasteiger partial charge is 0.456 e. The lowest BCUT2D eigenvalue weighted by molar-refractivity contribution is 0.590. The van der Waals surface area contributed by atoms with Gasteiger partial charge in [0.25, 0.3) is 0 Å². The van der Waals surface area contributed by atoms with Crippen molar-refractivity contribution in [2.24, 2.45) is 0 Å². The summed E-state index contributed by atoms with van der Waals surface area (Å²) < 4.78 is 6.59. The van der Waals surface area contributed by atoms with Crippen LogP contribution < -0.4 is 4.90 Å². The molecule has 0 unspecified atom stereocenters. The maximum atomic E-state index is 6.59. The zero-order chi connectivity index (χ0) is 40.6. The average molecular weight is 775 g/mol. The molecular formula is C55H42N4O. The number of rotatable bonds is 8. The molecular weight excluding hydrogens is 733 g/mol. The Labute approximate surface area is 350 Å². The summed E-state index contributed by atoms with van der Waals surface area (Å²) in [4.78, 5) is 17.5. The Morgan fingerprint density at radius 1 is 0.383 bits per heavy atom. The van der Waals surface area contributed by atoms with Gasteiger partial charge in [0, 0.05) is 44.5 Å². The zero-order valence-electron chi connectivity index (χ0n) is 33.7. The fourth-order valence-electron chi connectivity index (χ4n) is 7.91. The molecule has 60 heavy (non-hydrogen) atoms. The van der Waals surface area contributed by atoms with Gasteiger partial charge in [-0.3, -0.25) is 0 Å². The summed E-state index contributed by atoms with van der Waals surface area (Å²) in [5, 5.41) is 1.98. The molecule has 5 heteroatoms. The molecule has 8 aromatic carbocycles. The Balaban J connectivity index is 1.01. The highest BCUT2D eigenvalue weighted by atomic mass is 16.3. The Morgan fingerprint density at radius 2 is 0.850 bits per heavy atom. The lowest BCUT2D eigenvalue weighted by Gasteiger charge is -2.26. The van der Waals surface area contributed by atoms with Crippen LogP contribution in [0.3, 0.4) is 0 Å². The van der Waals surface area contributed by atoms with E-state index in [1.54, 1.807) is 0 Å². The second-order valence-corrected chi connectivity index (χ2v) is 16.1. The summed E-state index contributed by atoms with van der Waals surface area (Å²) in [5.41, 5.74) is 13.5. The maximum Gasteiger partial charge on any atom is 0.164 e. The van der Waals surface area contributed by atoms with E-state index in [0.29, 0.717) is 17.5 Å². The third-order valence-electron chi connectivity index (χ3n) is 11.1. The van der Waals surface area contributed by atoms with E-state index in [9.17, 15) is 0 Å². The summed E-state index contributed by atoms with van der Waals surface area (Å²) >= 11 is 0. The highest BCUT2D eigenvalue weighted by Gasteiger charge is 2.20. The molecule has 0 saturated heterocycles. The van der Waals surface area contributed by atoms with Gasteiger partial charge in [-0.2, -0.15) is 0 Å². The van der Waals surface area contributed by atoms with Crippen molar-refractivity contribution in [3.63, 3.8) is 0 Å². The zero-order valence-corrected chi connectivity index (χ0v) is 33.7. The van der Waals surface area contributed by atoms with E-state index in [4.69, 9.17) is 19.4 Å². The first-order chi connectivity index (χ1) is 29.4. The minimum absolute atomic E-state index is 0.0411. The lowest BCUT2D eigenvalue weighted by atomic mass is 9.87. The van der Waals surface area contributed by atoms with Crippen molar-refractivity contribution < 1.29 is 4.42 Å². The lowest BCUT2D eigenvalue weighted by Crippen LogP contribution is -2.10. The molecule has 0 aliphatic rings. The Bertz CT molecular complexity index is 3080. The number of fused-ring (bicyclic) bond motifs is 3. The van der Waals surface area contributed by atoms with Crippen LogP contribution in [0.4, 0.5) is 17.1 Å². The topological polar surface area (TPSA) is 55.1 Å². The summed E-state index contributed by atoms with van der Waals surface area (Å²) in [6.45, 7) is 6.66. The molecule has 0 N–H and O–H groups in total. The van der Waals surface area contributed by atoms with Crippen molar-refractivity contribution in [3.8, 4) is 56.4 Å². The van der Waals surface area contributed by atoms with Gasteiger partial charge < -0.3 is 9.32 Å². The quantitative estimate of drug-likeness (QED) is 0.154. The molecule has 0 spiro atoms. The molecule has 2 heterocycles. The van der Waals surface area contributed by atoms with Crippen LogP contribution in [0.15, 0.2) is 205 Å². The second-order valence-electron chi connectivity index (χ2n) is 16.1. The van der Waals surface area contributed by atoms with E-state index in [2.05, 4.69) is 177 Å². The molecule has 0 aliphatic carbocycles. The smallest absolute Gasteiger partial charge is 0.164 e. The normalized spacial score (nSPS) is 11.6. The van der Waals surface area contributed by atoms with Crippen LogP contribution in [0.2, 0.25) is 0 Å². The number of aromatic nitrogens is 3. The number of hydrogen-bond acceptors (Lipinski definition) is 5. The molecule has 0 radical (unpaired) electrons. The van der Waals surface area contributed by atoms with Crippen LogP contribution in [0, 0.1) is 0 Å². The van der Waals surface area contributed by atoms with Crippen LogP contribution in [0.5, 0.6) is 0 Å². The molecule has 0 bridgehead atoms. The number of nitrogens with zero attached hydrogens (tertiary/aromatic N) is 4. The first-order valence-electron chi connectivity index (χ1n) is 20.3. The first-order valence-corrected chi connectivity index (χ1v) is 20.3. The van der Waals surface area contributed by atoms with E-state index >= 15 is 0 Å². The minimum atomic E-state index is 0.0411. The highest BCUT2D eigenvalue weighted by molar-refractivity contribution is 6.12.